The van der Waals surface area contributed by atoms with Crippen LogP contribution < -0.4 is 0 Å². The van der Waals surface area contributed by atoms with E-state index < -0.39 is 44.5 Å². The van der Waals surface area contributed by atoms with Crippen molar-refractivity contribution in [2.24, 2.45) is 5.92 Å². The first-order chi connectivity index (χ1) is 17.0. The van der Waals surface area contributed by atoms with E-state index in [4.69, 9.17) is 43.9 Å². The Bertz CT molecular complexity index is 664. The lowest BCUT2D eigenvalue weighted by molar-refractivity contribution is -0.147. The molecule has 2 saturated heterocycles. The zero-order valence-corrected chi connectivity index (χ0v) is 28.5. The lowest BCUT2D eigenvalue weighted by atomic mass is 10.2. The van der Waals surface area contributed by atoms with Gasteiger partial charge in [0.15, 0.2) is 0 Å². The van der Waals surface area contributed by atoms with Crippen molar-refractivity contribution in [1.82, 2.24) is 0 Å². The Morgan fingerprint density at radius 3 is 2.22 bits per heavy atom. The van der Waals surface area contributed by atoms with E-state index >= 15 is 0 Å². The molecule has 2 fully saturated rings. The van der Waals surface area contributed by atoms with E-state index in [0.29, 0.717) is 31.7 Å². The van der Waals surface area contributed by atoms with Crippen molar-refractivity contribution in [1.29, 1.82) is 0 Å². The van der Waals surface area contributed by atoms with Crippen LogP contribution in [0.1, 0.15) is 19.8 Å². The number of esters is 1. The van der Waals surface area contributed by atoms with Crippen molar-refractivity contribution in [2.45, 2.75) is 70.2 Å². The molecule has 36 heavy (non-hydrogen) atoms. The molecule has 0 amide bonds. The van der Waals surface area contributed by atoms with E-state index in [1.165, 1.54) is 0 Å². The number of ether oxygens (including phenoxy) is 3. The van der Waals surface area contributed by atoms with Gasteiger partial charge in [-0.15, -0.1) is 0 Å². The lowest BCUT2D eigenvalue weighted by Gasteiger charge is -2.43. The van der Waals surface area contributed by atoms with Crippen LogP contribution in [0.25, 0.3) is 0 Å². The van der Waals surface area contributed by atoms with Gasteiger partial charge in [-0.2, -0.15) is 0 Å². The third-order valence-electron chi connectivity index (χ3n) is 6.16. The van der Waals surface area contributed by atoms with Gasteiger partial charge in [0, 0.05) is 40.0 Å². The molecule has 0 aromatic carbocycles. The Balaban J connectivity index is 1.89. The van der Waals surface area contributed by atoms with Gasteiger partial charge < -0.3 is 43.9 Å². The summed E-state index contributed by atoms with van der Waals surface area (Å²) in [6.45, 7) is 12.3. The summed E-state index contributed by atoms with van der Waals surface area (Å²) in [5.41, 5.74) is 0. The van der Waals surface area contributed by atoms with Crippen molar-refractivity contribution in [3.63, 3.8) is 0 Å². The second-order valence-corrected chi connectivity index (χ2v) is 24.3. The quantitative estimate of drug-likeness (QED) is 0.112. The Morgan fingerprint density at radius 1 is 1.03 bits per heavy atom. The number of rotatable bonds is 16. The lowest BCUT2D eigenvalue weighted by Crippen LogP contribution is -2.59. The van der Waals surface area contributed by atoms with Crippen LogP contribution in [0.5, 0.6) is 0 Å². The van der Waals surface area contributed by atoms with Gasteiger partial charge in [0.1, 0.15) is 6.10 Å². The minimum absolute atomic E-state index is 0.258. The second-order valence-electron chi connectivity index (χ2n) is 9.68. The molecule has 0 radical (unpaired) electrons. The smallest absolute Gasteiger partial charge is 0.465 e. The van der Waals surface area contributed by atoms with E-state index in [0.717, 1.165) is 19.1 Å². The van der Waals surface area contributed by atoms with Gasteiger partial charge in [-0.05, 0) is 45.1 Å². The fourth-order valence-corrected chi connectivity index (χ4v) is 23.9. The summed E-state index contributed by atoms with van der Waals surface area (Å²) >= 11 is 0. The molecule has 6 atom stereocenters. The fourth-order valence-electron chi connectivity index (χ4n) is 4.41. The van der Waals surface area contributed by atoms with Gasteiger partial charge >= 0.3 is 31.9 Å². The SMILES string of the molecule is CO[Si](CCCOC(=O)C(C)C[Si]1(C)O[SiH](C)O[SiH](C)O[Si](C)(CCCOCC2CO2)O1)(OC)OC. The Kier molecular flexibility index (Phi) is 13.6. The predicted octanol–water partition coefficient (Wildman–Crippen LogP) is 2.16. The van der Waals surface area contributed by atoms with Crippen LogP contribution >= 0.6 is 0 Å². The first-order valence-corrected chi connectivity index (χ1v) is 23.9. The largest absolute Gasteiger partial charge is 0.500 e. The first-order valence-electron chi connectivity index (χ1n) is 12.7. The van der Waals surface area contributed by atoms with E-state index in [1.807, 2.05) is 26.6 Å². The molecule has 2 rings (SSSR count). The molecule has 2 heterocycles. The summed E-state index contributed by atoms with van der Waals surface area (Å²) in [5, 5.41) is 0. The van der Waals surface area contributed by atoms with E-state index in [1.54, 1.807) is 21.3 Å². The highest BCUT2D eigenvalue weighted by atomic mass is 28.5. The van der Waals surface area contributed by atoms with Crippen LogP contribution in [0.3, 0.4) is 0 Å². The van der Waals surface area contributed by atoms with Gasteiger partial charge in [0.05, 0.1) is 25.7 Å². The second kappa shape index (κ2) is 15.1. The minimum atomic E-state index is -2.76. The number of epoxide rings is 1. The molecule has 0 aliphatic carbocycles. The summed E-state index contributed by atoms with van der Waals surface area (Å²) in [6, 6.07) is 1.83. The third-order valence-corrected chi connectivity index (χ3v) is 24.8. The van der Waals surface area contributed by atoms with E-state index in [-0.39, 0.29) is 24.6 Å². The first kappa shape index (κ1) is 32.4. The summed E-state index contributed by atoms with van der Waals surface area (Å²) in [4.78, 5) is 12.8. The highest BCUT2D eigenvalue weighted by molar-refractivity contribution is 6.86. The maximum Gasteiger partial charge on any atom is 0.500 e. The third kappa shape index (κ3) is 11.1. The van der Waals surface area contributed by atoms with Crippen molar-refractivity contribution >= 4 is 50.5 Å². The molecule has 0 spiro atoms. The van der Waals surface area contributed by atoms with Crippen molar-refractivity contribution in [2.75, 3.05) is 47.8 Å². The summed E-state index contributed by atoms with van der Waals surface area (Å²) < 4.78 is 58.6. The average Bonchev–Trinajstić information content (AvgIpc) is 3.62. The molecule has 0 aromatic heterocycles. The summed E-state index contributed by atoms with van der Waals surface area (Å²) in [7, 11) is -7.10. The van der Waals surface area contributed by atoms with Crippen molar-refractivity contribution < 1.29 is 48.7 Å². The number of hydrogen-bond acceptors (Lipinski definition) is 11. The van der Waals surface area contributed by atoms with E-state index in [2.05, 4.69) is 6.55 Å². The molecule has 2 aliphatic heterocycles. The van der Waals surface area contributed by atoms with E-state index in [9.17, 15) is 4.79 Å². The number of carbonyl (C=O) groups excluding carboxylic acids is 1. The number of hydrogen-bond donors (Lipinski definition) is 0. The molecule has 0 N–H and O–H groups in total. The van der Waals surface area contributed by atoms with Crippen LogP contribution in [0.4, 0.5) is 0 Å². The van der Waals surface area contributed by atoms with Crippen LogP contribution in [0.15, 0.2) is 0 Å². The van der Waals surface area contributed by atoms with Gasteiger partial charge in [0.25, 0.3) is 18.6 Å². The molecule has 212 valence electrons. The number of carbonyl (C=O) groups is 1. The molecular weight excluding hydrogens is 557 g/mol. The van der Waals surface area contributed by atoms with Gasteiger partial charge in [-0.25, -0.2) is 0 Å². The van der Waals surface area contributed by atoms with Gasteiger partial charge in [0.2, 0.25) is 0 Å². The topological polar surface area (TPSA) is 113 Å². The highest BCUT2D eigenvalue weighted by Gasteiger charge is 2.48. The molecule has 6 unspecified atom stereocenters. The minimum Gasteiger partial charge on any atom is -0.465 e. The molecule has 11 nitrogen and oxygen atoms in total. The molecule has 16 heteroatoms. The van der Waals surface area contributed by atoms with Crippen LogP contribution in [-0.4, -0.2) is 104 Å². The van der Waals surface area contributed by atoms with Crippen molar-refractivity contribution in [3.05, 3.63) is 0 Å². The van der Waals surface area contributed by atoms with Gasteiger partial charge in [-0.1, -0.05) is 6.92 Å². The standard InChI is InChI=1S/C20H46O11Si5/c1-18(20(21)26-12-10-14-36(22-2,23-3)24-4)17-35(8)30-33(6)28-32(5)29-34(7,31-35)13-9-11-25-15-19-16-27-19/h18-19,32-33H,9-17H2,1-8H3. The Morgan fingerprint density at radius 2 is 1.64 bits per heavy atom. The molecule has 0 aromatic rings. The zero-order chi connectivity index (χ0) is 26.8. The molecule has 2 aliphatic rings. The van der Waals surface area contributed by atoms with Crippen LogP contribution in [0, 0.1) is 5.92 Å². The summed E-state index contributed by atoms with van der Waals surface area (Å²) in [5.74, 6) is -0.637. The normalized spacial score (nSPS) is 31.9. The Hall–Kier alpha value is 0.194. The highest BCUT2D eigenvalue weighted by Crippen LogP contribution is 2.31. The predicted molar refractivity (Wildman–Crippen MR) is 145 cm³/mol. The average molecular weight is 603 g/mol. The van der Waals surface area contributed by atoms with Crippen LogP contribution in [0.2, 0.25) is 44.3 Å². The molecular formula is C20H46O11Si5. The fraction of sp³-hybridized carbons (Fsp3) is 0.950. The molecule has 0 saturated carbocycles. The monoisotopic (exact) mass is 602 g/mol. The van der Waals surface area contributed by atoms with Crippen LogP contribution in [-0.2, 0) is 48.7 Å². The zero-order valence-electron chi connectivity index (χ0n) is 23.2. The summed E-state index contributed by atoms with van der Waals surface area (Å²) in [6.07, 6.45) is 1.69. The van der Waals surface area contributed by atoms with Gasteiger partial charge in [-0.3, -0.25) is 4.79 Å². The maximum atomic E-state index is 12.8. The van der Waals surface area contributed by atoms with Crippen molar-refractivity contribution in [3.8, 4) is 0 Å². The Labute approximate surface area is 222 Å². The maximum absolute atomic E-state index is 12.8. The molecule has 0 bridgehead atoms.